The zero-order valence-corrected chi connectivity index (χ0v) is 10.3. The van der Waals surface area contributed by atoms with Gasteiger partial charge < -0.3 is 10.1 Å². The lowest BCUT2D eigenvalue weighted by molar-refractivity contribution is 0.417. The van der Waals surface area contributed by atoms with Crippen LogP contribution >= 0.6 is 0 Å². The normalized spacial score (nSPS) is 19.1. The summed E-state index contributed by atoms with van der Waals surface area (Å²) in [4.78, 5) is 0. The molecule has 0 aromatic heterocycles. The lowest BCUT2D eigenvalue weighted by Gasteiger charge is -2.25. The second-order valence-electron chi connectivity index (χ2n) is 4.75. The van der Waals surface area contributed by atoms with Gasteiger partial charge in [-0.05, 0) is 35.9 Å². The molecule has 2 heteroatoms. The van der Waals surface area contributed by atoms with E-state index in [1.807, 2.05) is 0 Å². The van der Waals surface area contributed by atoms with Crippen molar-refractivity contribution in [1.82, 2.24) is 5.32 Å². The highest BCUT2D eigenvalue weighted by atomic mass is 16.5. The molecule has 2 aromatic carbocycles. The van der Waals surface area contributed by atoms with Crippen LogP contribution in [0.15, 0.2) is 30.3 Å². The van der Waals surface area contributed by atoms with Crippen LogP contribution in [0.1, 0.15) is 18.1 Å². The van der Waals surface area contributed by atoms with Gasteiger partial charge in [-0.3, -0.25) is 0 Å². The molecule has 1 unspecified atom stereocenters. The summed E-state index contributed by atoms with van der Waals surface area (Å²) in [5.41, 5.74) is 2.85. The number of nitrogens with one attached hydrogen (secondary N) is 1. The van der Waals surface area contributed by atoms with Crippen molar-refractivity contribution in [1.29, 1.82) is 0 Å². The van der Waals surface area contributed by atoms with Crippen LogP contribution in [0.4, 0.5) is 0 Å². The Morgan fingerprint density at radius 1 is 1.24 bits per heavy atom. The van der Waals surface area contributed by atoms with E-state index in [0.717, 1.165) is 18.7 Å². The molecule has 0 saturated carbocycles. The van der Waals surface area contributed by atoms with E-state index in [2.05, 4.69) is 42.6 Å². The SMILES string of the molecule is COc1cc2c(c3ccccc13)CC(C)NC2. The zero-order valence-electron chi connectivity index (χ0n) is 10.3. The lowest BCUT2D eigenvalue weighted by Crippen LogP contribution is -2.32. The standard InChI is InChI=1S/C15H17NO/c1-10-7-14-11(9-16-10)8-15(17-2)13-6-4-3-5-12(13)14/h3-6,8,10,16H,7,9H2,1-2H3. The molecule has 0 amide bonds. The van der Waals surface area contributed by atoms with E-state index in [-0.39, 0.29) is 0 Å². The molecule has 17 heavy (non-hydrogen) atoms. The molecule has 1 aliphatic rings. The third-order valence-corrected chi connectivity index (χ3v) is 3.58. The van der Waals surface area contributed by atoms with Crippen LogP contribution in [-0.2, 0) is 13.0 Å². The Kier molecular flexibility index (Phi) is 2.52. The molecule has 1 atom stereocenters. The number of benzene rings is 2. The summed E-state index contributed by atoms with van der Waals surface area (Å²) in [6.45, 7) is 3.18. The average molecular weight is 227 g/mol. The third-order valence-electron chi connectivity index (χ3n) is 3.58. The summed E-state index contributed by atoms with van der Waals surface area (Å²) in [5, 5.41) is 6.07. The van der Waals surface area contributed by atoms with E-state index in [1.165, 1.54) is 21.9 Å². The highest BCUT2D eigenvalue weighted by Gasteiger charge is 2.18. The van der Waals surface area contributed by atoms with Crippen molar-refractivity contribution >= 4 is 10.8 Å². The van der Waals surface area contributed by atoms with Gasteiger partial charge in [-0.25, -0.2) is 0 Å². The van der Waals surface area contributed by atoms with Gasteiger partial charge in [0.1, 0.15) is 5.75 Å². The van der Waals surface area contributed by atoms with Crippen LogP contribution in [0, 0.1) is 0 Å². The fourth-order valence-electron chi connectivity index (χ4n) is 2.69. The maximum absolute atomic E-state index is 5.49. The molecule has 88 valence electrons. The van der Waals surface area contributed by atoms with Crippen LogP contribution in [0.2, 0.25) is 0 Å². The topological polar surface area (TPSA) is 21.3 Å². The maximum atomic E-state index is 5.49. The summed E-state index contributed by atoms with van der Waals surface area (Å²) in [6, 6.07) is 11.3. The van der Waals surface area contributed by atoms with Gasteiger partial charge in [0.2, 0.25) is 0 Å². The quantitative estimate of drug-likeness (QED) is 0.809. The average Bonchev–Trinajstić information content (AvgIpc) is 2.38. The third kappa shape index (κ3) is 1.69. The molecule has 3 rings (SSSR count). The van der Waals surface area contributed by atoms with E-state index in [4.69, 9.17) is 4.74 Å². The molecular formula is C15H17NO. The zero-order chi connectivity index (χ0) is 11.8. The summed E-state index contributed by atoms with van der Waals surface area (Å²) in [7, 11) is 1.74. The van der Waals surface area contributed by atoms with E-state index < -0.39 is 0 Å². The number of hydrogen-bond acceptors (Lipinski definition) is 2. The molecule has 2 nitrogen and oxygen atoms in total. The maximum Gasteiger partial charge on any atom is 0.127 e. The van der Waals surface area contributed by atoms with Gasteiger partial charge >= 0.3 is 0 Å². The molecule has 0 aliphatic carbocycles. The van der Waals surface area contributed by atoms with Crippen LogP contribution in [-0.4, -0.2) is 13.2 Å². The van der Waals surface area contributed by atoms with Gasteiger partial charge in [0, 0.05) is 18.0 Å². The number of ether oxygens (including phenoxy) is 1. The smallest absolute Gasteiger partial charge is 0.127 e. The monoisotopic (exact) mass is 227 g/mol. The van der Waals surface area contributed by atoms with E-state index in [0.29, 0.717) is 6.04 Å². The molecule has 0 bridgehead atoms. The van der Waals surface area contributed by atoms with Crippen molar-refractivity contribution in [3.05, 3.63) is 41.5 Å². The van der Waals surface area contributed by atoms with Crippen LogP contribution in [0.5, 0.6) is 5.75 Å². The van der Waals surface area contributed by atoms with Gasteiger partial charge in [-0.15, -0.1) is 0 Å². The Bertz CT molecular complexity index is 562. The number of fused-ring (bicyclic) bond motifs is 3. The summed E-state index contributed by atoms with van der Waals surface area (Å²) >= 11 is 0. The van der Waals surface area contributed by atoms with E-state index in [9.17, 15) is 0 Å². The van der Waals surface area contributed by atoms with Gasteiger partial charge in [0.05, 0.1) is 7.11 Å². The van der Waals surface area contributed by atoms with Gasteiger partial charge in [-0.2, -0.15) is 0 Å². The Labute approximate surface area is 102 Å². The molecule has 0 fully saturated rings. The minimum Gasteiger partial charge on any atom is -0.496 e. The van der Waals surface area contributed by atoms with Crippen molar-refractivity contribution in [3.8, 4) is 5.75 Å². The van der Waals surface area contributed by atoms with Gasteiger partial charge in [0.25, 0.3) is 0 Å². The second-order valence-corrected chi connectivity index (χ2v) is 4.75. The molecule has 1 N–H and O–H groups in total. The minimum atomic E-state index is 0.555. The highest BCUT2D eigenvalue weighted by Crippen LogP contribution is 2.33. The Morgan fingerprint density at radius 3 is 2.76 bits per heavy atom. The minimum absolute atomic E-state index is 0.555. The lowest BCUT2D eigenvalue weighted by atomic mass is 9.91. The van der Waals surface area contributed by atoms with Crippen LogP contribution in [0.3, 0.4) is 0 Å². The summed E-state index contributed by atoms with van der Waals surface area (Å²) < 4.78 is 5.49. The second kappa shape index (κ2) is 4.04. The largest absolute Gasteiger partial charge is 0.496 e. The van der Waals surface area contributed by atoms with E-state index in [1.54, 1.807) is 7.11 Å². The first-order valence-corrected chi connectivity index (χ1v) is 6.10. The molecule has 0 saturated heterocycles. The van der Waals surface area contributed by atoms with Crippen molar-refractivity contribution in [2.24, 2.45) is 0 Å². The molecule has 1 heterocycles. The number of methoxy groups -OCH3 is 1. The van der Waals surface area contributed by atoms with Gasteiger partial charge in [0.15, 0.2) is 0 Å². The first-order valence-electron chi connectivity index (χ1n) is 6.10. The number of hydrogen-bond donors (Lipinski definition) is 1. The van der Waals surface area contributed by atoms with Crippen molar-refractivity contribution in [3.63, 3.8) is 0 Å². The molecule has 0 spiro atoms. The first kappa shape index (κ1) is 10.6. The summed E-state index contributed by atoms with van der Waals surface area (Å²) in [5.74, 6) is 0.982. The highest BCUT2D eigenvalue weighted by molar-refractivity contribution is 5.92. The summed E-state index contributed by atoms with van der Waals surface area (Å²) in [6.07, 6.45) is 1.10. The predicted molar refractivity (Wildman–Crippen MR) is 70.5 cm³/mol. The molecule has 2 aromatic rings. The Morgan fingerprint density at radius 2 is 2.00 bits per heavy atom. The van der Waals surface area contributed by atoms with Crippen molar-refractivity contribution < 1.29 is 4.74 Å². The number of rotatable bonds is 1. The first-order chi connectivity index (χ1) is 8.29. The van der Waals surface area contributed by atoms with Crippen molar-refractivity contribution in [2.45, 2.75) is 25.9 Å². The van der Waals surface area contributed by atoms with Crippen molar-refractivity contribution in [2.75, 3.05) is 7.11 Å². The van der Waals surface area contributed by atoms with Crippen LogP contribution in [0.25, 0.3) is 10.8 Å². The van der Waals surface area contributed by atoms with Gasteiger partial charge in [-0.1, -0.05) is 24.3 Å². The fraction of sp³-hybridized carbons (Fsp3) is 0.333. The molecule has 1 aliphatic heterocycles. The Hall–Kier alpha value is -1.54. The van der Waals surface area contributed by atoms with E-state index >= 15 is 0 Å². The molecule has 0 radical (unpaired) electrons. The molecular weight excluding hydrogens is 210 g/mol. The Balaban J connectivity index is 2.31. The predicted octanol–water partition coefficient (Wildman–Crippen LogP) is 2.88. The van der Waals surface area contributed by atoms with Crippen LogP contribution < -0.4 is 10.1 Å². The fourth-order valence-corrected chi connectivity index (χ4v) is 2.69.